The quantitative estimate of drug-likeness (QED) is 0.175. The Morgan fingerprint density at radius 1 is 1.10 bits per heavy atom. The Kier molecular flexibility index (Phi) is 10.6. The van der Waals surface area contributed by atoms with E-state index >= 15 is 0 Å². The maximum absolute atomic E-state index is 12.5. The number of rotatable bonds is 12. The topological polar surface area (TPSA) is 183 Å². The van der Waals surface area contributed by atoms with E-state index in [1.807, 2.05) is 0 Å². The Balaban J connectivity index is 2.61. The van der Waals surface area contributed by atoms with Gasteiger partial charge in [0.1, 0.15) is 18.1 Å². The lowest BCUT2D eigenvalue weighted by Gasteiger charge is -2.25. The molecule has 11 nitrogen and oxygen atoms in total. The summed E-state index contributed by atoms with van der Waals surface area (Å²) in [7, 11) is 0. The van der Waals surface area contributed by atoms with Gasteiger partial charge in [0.25, 0.3) is 0 Å². The SMILES string of the molecule is CC(NC(=O)C(NC(=O)C1CCCN1)C(C)O)C(=O)NC(CCCCN)C(=O)O. The smallest absolute Gasteiger partial charge is 0.326 e. The Morgan fingerprint density at radius 2 is 1.79 bits per heavy atom. The Hall–Kier alpha value is -2.24. The highest BCUT2D eigenvalue weighted by Gasteiger charge is 2.32. The lowest BCUT2D eigenvalue weighted by molar-refractivity contribution is -0.142. The van der Waals surface area contributed by atoms with Crippen LogP contribution >= 0.6 is 0 Å². The minimum absolute atomic E-state index is 0.222. The van der Waals surface area contributed by atoms with E-state index < -0.39 is 54.0 Å². The normalized spacial score (nSPS) is 20.2. The molecule has 0 radical (unpaired) electrons. The van der Waals surface area contributed by atoms with E-state index in [1.165, 1.54) is 13.8 Å². The summed E-state index contributed by atoms with van der Waals surface area (Å²) in [5, 5.41) is 29.4. The van der Waals surface area contributed by atoms with E-state index in [0.717, 1.165) is 6.42 Å². The van der Waals surface area contributed by atoms with Gasteiger partial charge in [0.2, 0.25) is 17.7 Å². The molecule has 3 amide bonds. The summed E-state index contributed by atoms with van der Waals surface area (Å²) in [6.07, 6.45) is 1.70. The van der Waals surface area contributed by atoms with Crippen molar-refractivity contribution < 1.29 is 29.4 Å². The summed E-state index contributed by atoms with van der Waals surface area (Å²) in [4.78, 5) is 48.3. The summed E-state index contributed by atoms with van der Waals surface area (Å²) in [6, 6.07) is -3.80. The lowest BCUT2D eigenvalue weighted by atomic mass is 10.1. The van der Waals surface area contributed by atoms with Gasteiger partial charge in [-0.25, -0.2) is 4.79 Å². The molecule has 0 saturated carbocycles. The average molecular weight is 415 g/mol. The van der Waals surface area contributed by atoms with Crippen molar-refractivity contribution in [2.45, 2.75) is 76.2 Å². The van der Waals surface area contributed by atoms with E-state index in [2.05, 4.69) is 21.3 Å². The van der Waals surface area contributed by atoms with E-state index in [-0.39, 0.29) is 6.42 Å². The minimum atomic E-state index is -1.24. The fraction of sp³-hybridized carbons (Fsp3) is 0.778. The van der Waals surface area contributed by atoms with Crippen LogP contribution in [0.2, 0.25) is 0 Å². The number of nitrogens with one attached hydrogen (secondary N) is 4. The van der Waals surface area contributed by atoms with Crippen molar-refractivity contribution in [1.82, 2.24) is 21.3 Å². The number of hydrogen-bond donors (Lipinski definition) is 7. The first-order valence-corrected chi connectivity index (χ1v) is 9.92. The number of aliphatic hydroxyl groups excluding tert-OH is 1. The van der Waals surface area contributed by atoms with Crippen LogP contribution in [0.3, 0.4) is 0 Å². The van der Waals surface area contributed by atoms with Crippen molar-refractivity contribution in [2.75, 3.05) is 13.1 Å². The van der Waals surface area contributed by atoms with Gasteiger partial charge in [-0.3, -0.25) is 14.4 Å². The molecule has 0 bridgehead atoms. The molecule has 0 aromatic heterocycles. The first-order valence-electron chi connectivity index (χ1n) is 9.92. The predicted molar refractivity (Wildman–Crippen MR) is 105 cm³/mol. The molecule has 1 heterocycles. The number of unbranched alkanes of at least 4 members (excludes halogenated alkanes) is 1. The zero-order valence-corrected chi connectivity index (χ0v) is 16.9. The molecule has 0 aromatic rings. The van der Waals surface area contributed by atoms with Crippen LogP contribution in [0.15, 0.2) is 0 Å². The van der Waals surface area contributed by atoms with Gasteiger partial charge in [-0.05, 0) is 59.0 Å². The predicted octanol–water partition coefficient (Wildman–Crippen LogP) is -2.19. The third-order valence-corrected chi connectivity index (χ3v) is 4.75. The van der Waals surface area contributed by atoms with Crippen LogP contribution in [-0.2, 0) is 19.2 Å². The number of aliphatic carboxylic acids is 1. The third kappa shape index (κ3) is 8.34. The number of carboxylic acid groups (broad SMARTS) is 1. The van der Waals surface area contributed by atoms with Crippen LogP contribution in [0.1, 0.15) is 46.0 Å². The molecular formula is C18H33N5O6. The van der Waals surface area contributed by atoms with Crippen molar-refractivity contribution in [3.8, 4) is 0 Å². The van der Waals surface area contributed by atoms with Crippen LogP contribution in [0.25, 0.3) is 0 Å². The Labute approximate surface area is 170 Å². The molecule has 1 fully saturated rings. The van der Waals surface area contributed by atoms with Gasteiger partial charge in [0.05, 0.1) is 12.1 Å². The van der Waals surface area contributed by atoms with Crippen molar-refractivity contribution in [1.29, 1.82) is 0 Å². The highest BCUT2D eigenvalue weighted by molar-refractivity contribution is 5.94. The van der Waals surface area contributed by atoms with Crippen molar-refractivity contribution in [2.24, 2.45) is 5.73 Å². The van der Waals surface area contributed by atoms with Crippen molar-refractivity contribution in [3.05, 3.63) is 0 Å². The summed E-state index contributed by atoms with van der Waals surface area (Å²) in [5.74, 6) is -2.98. The number of carbonyl (C=O) groups is 4. The lowest BCUT2D eigenvalue weighted by Crippen LogP contribution is -2.59. The molecule has 1 rings (SSSR count). The maximum Gasteiger partial charge on any atom is 0.326 e. The average Bonchev–Trinajstić information content (AvgIpc) is 3.19. The highest BCUT2D eigenvalue weighted by atomic mass is 16.4. The first-order chi connectivity index (χ1) is 13.7. The largest absolute Gasteiger partial charge is 0.480 e. The second-order valence-electron chi connectivity index (χ2n) is 7.29. The monoisotopic (exact) mass is 415 g/mol. The number of nitrogens with two attached hydrogens (primary N) is 1. The number of amides is 3. The van der Waals surface area contributed by atoms with Gasteiger partial charge in [-0.15, -0.1) is 0 Å². The standard InChI is InChI=1S/C18H33N5O6/c1-10(15(25)22-13(18(28)29)6-3-4-8-19)21-17(27)14(11(2)24)23-16(26)12-7-5-9-20-12/h10-14,20,24H,3-9,19H2,1-2H3,(H,21,27)(H,22,25)(H,23,26)(H,28,29). The van der Waals surface area contributed by atoms with Crippen LogP contribution in [0.5, 0.6) is 0 Å². The molecule has 0 aromatic carbocycles. The van der Waals surface area contributed by atoms with Gasteiger partial charge in [-0.2, -0.15) is 0 Å². The molecule has 1 aliphatic heterocycles. The van der Waals surface area contributed by atoms with Crippen molar-refractivity contribution in [3.63, 3.8) is 0 Å². The third-order valence-electron chi connectivity index (χ3n) is 4.75. The fourth-order valence-corrected chi connectivity index (χ4v) is 2.98. The molecule has 29 heavy (non-hydrogen) atoms. The molecule has 1 aliphatic rings. The molecule has 11 heteroatoms. The van der Waals surface area contributed by atoms with E-state index in [9.17, 15) is 29.4 Å². The van der Waals surface area contributed by atoms with Gasteiger partial charge < -0.3 is 37.2 Å². The number of carboxylic acids is 1. The van der Waals surface area contributed by atoms with E-state index in [0.29, 0.717) is 32.4 Å². The zero-order chi connectivity index (χ0) is 22.0. The molecule has 5 unspecified atom stereocenters. The van der Waals surface area contributed by atoms with Crippen molar-refractivity contribution >= 4 is 23.7 Å². The molecule has 1 saturated heterocycles. The molecule has 8 N–H and O–H groups in total. The summed E-state index contributed by atoms with van der Waals surface area (Å²) >= 11 is 0. The zero-order valence-electron chi connectivity index (χ0n) is 16.9. The summed E-state index contributed by atoms with van der Waals surface area (Å²) < 4.78 is 0. The molecule has 5 atom stereocenters. The molecular weight excluding hydrogens is 382 g/mol. The summed E-state index contributed by atoms with van der Waals surface area (Å²) in [5.41, 5.74) is 5.39. The Bertz CT molecular complexity index is 579. The van der Waals surface area contributed by atoms with Gasteiger partial charge in [0.15, 0.2) is 0 Å². The van der Waals surface area contributed by atoms with Crippen LogP contribution in [-0.4, -0.2) is 77.3 Å². The highest BCUT2D eigenvalue weighted by Crippen LogP contribution is 2.06. The molecule has 0 spiro atoms. The number of carbonyl (C=O) groups excluding carboxylic acids is 3. The van der Waals surface area contributed by atoms with Crippen LogP contribution in [0.4, 0.5) is 0 Å². The number of hydrogen-bond acceptors (Lipinski definition) is 7. The number of aliphatic hydroxyl groups is 1. The second-order valence-corrected chi connectivity index (χ2v) is 7.29. The minimum Gasteiger partial charge on any atom is -0.480 e. The second kappa shape index (κ2) is 12.3. The maximum atomic E-state index is 12.5. The van der Waals surface area contributed by atoms with Gasteiger partial charge in [-0.1, -0.05) is 0 Å². The van der Waals surface area contributed by atoms with Crippen LogP contribution < -0.4 is 27.0 Å². The van der Waals surface area contributed by atoms with Gasteiger partial charge >= 0.3 is 5.97 Å². The van der Waals surface area contributed by atoms with E-state index in [4.69, 9.17) is 5.73 Å². The molecule has 166 valence electrons. The molecule has 0 aliphatic carbocycles. The summed E-state index contributed by atoms with van der Waals surface area (Å²) in [6.45, 7) is 3.88. The van der Waals surface area contributed by atoms with E-state index in [1.54, 1.807) is 0 Å². The van der Waals surface area contributed by atoms with Gasteiger partial charge in [0, 0.05) is 0 Å². The fourth-order valence-electron chi connectivity index (χ4n) is 2.98. The van der Waals surface area contributed by atoms with Crippen LogP contribution in [0, 0.1) is 0 Å². The Morgan fingerprint density at radius 3 is 2.31 bits per heavy atom. The first kappa shape index (κ1) is 24.8.